The van der Waals surface area contributed by atoms with Crippen molar-refractivity contribution in [1.29, 1.82) is 0 Å². The average Bonchev–Trinajstić information content (AvgIpc) is 3.51. The molecule has 2 aromatic heterocycles. The fourth-order valence-corrected chi connectivity index (χ4v) is 8.02. The van der Waals surface area contributed by atoms with Gasteiger partial charge in [-0.15, -0.1) is 11.3 Å². The number of non-ortho nitro benzene ring substituents is 1. The number of rotatable bonds is 12. The maximum atomic E-state index is 14.9. The standard InChI is InChI=1S/C34H26F2N4O4S.C8H19N/c1-37(19-22-9-4-2-5-10-22)20-27-30-32(41)39(24-11-6-3-7-12-24)34(42)38(21-26-28(35)13-8-14-29(26)36)33(30)45-31(27)23-15-17-25(18-16-23)40(43)44;1-6-9(7(2)3)8(4)5/h2-18H,19-21H2,1H3;7-8H,6H2,1-5H3. The van der Waals surface area contributed by atoms with Gasteiger partial charge in [0.05, 0.1) is 22.5 Å². The quantitative estimate of drug-likeness (QED) is 0.0916. The highest BCUT2D eigenvalue weighted by Gasteiger charge is 2.26. The summed E-state index contributed by atoms with van der Waals surface area (Å²) in [6.45, 7) is 12.7. The maximum absolute atomic E-state index is 14.9. The molecule has 0 bridgehead atoms. The molecular weight excluding hydrogens is 709 g/mol. The van der Waals surface area contributed by atoms with E-state index in [1.807, 2.05) is 42.3 Å². The molecule has 0 aliphatic carbocycles. The topological polar surface area (TPSA) is 93.6 Å². The van der Waals surface area contributed by atoms with E-state index in [4.69, 9.17) is 0 Å². The van der Waals surface area contributed by atoms with E-state index in [2.05, 4.69) is 39.5 Å². The molecule has 0 radical (unpaired) electrons. The number of benzene rings is 4. The number of para-hydroxylation sites is 1. The second-order valence-electron chi connectivity index (χ2n) is 13.6. The lowest BCUT2D eigenvalue weighted by molar-refractivity contribution is -0.384. The minimum atomic E-state index is -0.817. The second-order valence-corrected chi connectivity index (χ2v) is 14.6. The zero-order valence-corrected chi connectivity index (χ0v) is 32.1. The van der Waals surface area contributed by atoms with Crippen molar-refractivity contribution in [2.75, 3.05) is 13.6 Å². The first-order valence-corrected chi connectivity index (χ1v) is 18.7. The summed E-state index contributed by atoms with van der Waals surface area (Å²) >= 11 is 1.14. The van der Waals surface area contributed by atoms with Gasteiger partial charge in [0.15, 0.2) is 0 Å². The Kier molecular flexibility index (Phi) is 13.1. The molecule has 0 fully saturated rings. The molecule has 0 atom stereocenters. The van der Waals surface area contributed by atoms with E-state index in [1.54, 1.807) is 42.5 Å². The van der Waals surface area contributed by atoms with Gasteiger partial charge in [-0.2, -0.15) is 0 Å². The maximum Gasteiger partial charge on any atom is 0.337 e. The fraction of sp³-hybridized carbons (Fsp3) is 0.286. The largest absolute Gasteiger partial charge is 0.337 e. The molecule has 0 saturated heterocycles. The lowest BCUT2D eigenvalue weighted by Gasteiger charge is -2.28. The predicted molar refractivity (Wildman–Crippen MR) is 213 cm³/mol. The van der Waals surface area contributed by atoms with Gasteiger partial charge in [-0.3, -0.25) is 29.3 Å². The molecule has 0 aliphatic rings. The molecule has 0 unspecified atom stereocenters. The van der Waals surface area contributed by atoms with Crippen LogP contribution >= 0.6 is 11.3 Å². The van der Waals surface area contributed by atoms with Gasteiger partial charge >= 0.3 is 5.69 Å². The average molecular weight is 754 g/mol. The Labute approximate surface area is 317 Å². The van der Waals surface area contributed by atoms with Gasteiger partial charge in [0, 0.05) is 47.7 Å². The van der Waals surface area contributed by atoms with Crippen molar-refractivity contribution in [3.05, 3.63) is 162 Å². The number of halogens is 2. The zero-order chi connectivity index (χ0) is 39.1. The first-order valence-electron chi connectivity index (χ1n) is 17.8. The van der Waals surface area contributed by atoms with Crippen LogP contribution in [0.4, 0.5) is 14.5 Å². The van der Waals surface area contributed by atoms with Crippen molar-refractivity contribution >= 4 is 27.2 Å². The summed E-state index contributed by atoms with van der Waals surface area (Å²) in [5.74, 6) is -1.63. The van der Waals surface area contributed by atoms with Crippen LogP contribution in [0.1, 0.15) is 51.3 Å². The monoisotopic (exact) mass is 753 g/mol. The number of nitro benzene ring substituents is 1. The highest BCUT2D eigenvalue weighted by molar-refractivity contribution is 7.22. The molecule has 2 heterocycles. The van der Waals surface area contributed by atoms with Gasteiger partial charge in [0.2, 0.25) is 0 Å². The normalized spacial score (nSPS) is 11.5. The molecule has 0 N–H and O–H groups in total. The van der Waals surface area contributed by atoms with Crippen LogP contribution in [0.15, 0.2) is 113 Å². The summed E-state index contributed by atoms with van der Waals surface area (Å²) in [4.78, 5) is 44.6. The molecule has 0 spiro atoms. The van der Waals surface area contributed by atoms with Crippen molar-refractivity contribution in [2.24, 2.45) is 0 Å². The fourth-order valence-electron chi connectivity index (χ4n) is 6.72. The molecule has 9 nitrogen and oxygen atoms in total. The predicted octanol–water partition coefficient (Wildman–Crippen LogP) is 8.87. The number of hydrogen-bond donors (Lipinski definition) is 0. The zero-order valence-electron chi connectivity index (χ0n) is 31.3. The van der Waals surface area contributed by atoms with E-state index in [-0.39, 0.29) is 28.0 Å². The lowest BCUT2D eigenvalue weighted by atomic mass is 10.1. The number of fused-ring (bicyclic) bond motifs is 1. The van der Waals surface area contributed by atoms with Crippen LogP contribution in [0.3, 0.4) is 0 Å². The van der Waals surface area contributed by atoms with Crippen LogP contribution in [0, 0.1) is 21.7 Å². The van der Waals surface area contributed by atoms with E-state index < -0.39 is 34.4 Å². The minimum absolute atomic E-state index is 0.0963. The number of thiophene rings is 1. The van der Waals surface area contributed by atoms with E-state index in [0.29, 0.717) is 40.3 Å². The molecule has 6 rings (SSSR count). The Balaban J connectivity index is 0.000000554. The van der Waals surface area contributed by atoms with E-state index in [1.165, 1.54) is 22.8 Å². The molecule has 4 aromatic carbocycles. The van der Waals surface area contributed by atoms with Crippen molar-refractivity contribution in [3.63, 3.8) is 0 Å². The summed E-state index contributed by atoms with van der Waals surface area (Å²) in [7, 11) is 1.90. The third-order valence-corrected chi connectivity index (χ3v) is 10.5. The minimum Gasteiger partial charge on any atom is -0.299 e. The van der Waals surface area contributed by atoms with Crippen molar-refractivity contribution in [3.8, 4) is 16.1 Å². The van der Waals surface area contributed by atoms with Crippen molar-refractivity contribution < 1.29 is 13.7 Å². The Bertz CT molecular complexity index is 2290. The molecule has 282 valence electrons. The number of aromatic nitrogens is 2. The molecule has 6 aromatic rings. The van der Waals surface area contributed by atoms with Crippen LogP contribution in [-0.2, 0) is 19.6 Å². The summed E-state index contributed by atoms with van der Waals surface area (Å²) < 4.78 is 32.1. The van der Waals surface area contributed by atoms with Gasteiger partial charge in [-0.05, 0) is 94.4 Å². The molecule has 54 heavy (non-hydrogen) atoms. The van der Waals surface area contributed by atoms with Gasteiger partial charge in [-0.25, -0.2) is 18.1 Å². The summed E-state index contributed by atoms with van der Waals surface area (Å²) in [5, 5.41) is 11.6. The van der Waals surface area contributed by atoms with Crippen LogP contribution < -0.4 is 11.2 Å². The van der Waals surface area contributed by atoms with Gasteiger partial charge in [0.1, 0.15) is 16.5 Å². The van der Waals surface area contributed by atoms with Crippen LogP contribution in [0.5, 0.6) is 0 Å². The lowest BCUT2D eigenvalue weighted by Crippen LogP contribution is -2.39. The first kappa shape index (κ1) is 39.9. The van der Waals surface area contributed by atoms with Crippen LogP contribution in [0.2, 0.25) is 0 Å². The molecule has 0 aliphatic heterocycles. The van der Waals surface area contributed by atoms with E-state index >= 15 is 0 Å². The van der Waals surface area contributed by atoms with Crippen molar-refractivity contribution in [1.82, 2.24) is 18.9 Å². The van der Waals surface area contributed by atoms with Crippen LogP contribution in [-0.4, -0.2) is 49.5 Å². The smallest absolute Gasteiger partial charge is 0.299 e. The summed E-state index contributed by atoms with van der Waals surface area (Å²) in [6, 6.07) is 28.9. The number of nitrogens with zero attached hydrogens (tertiary/aromatic N) is 5. The van der Waals surface area contributed by atoms with Gasteiger partial charge in [0.25, 0.3) is 11.2 Å². The third kappa shape index (κ3) is 8.90. The molecule has 0 amide bonds. The SMILES string of the molecule is CCN(C(C)C)C(C)C.CN(Cc1ccccc1)Cc1c(-c2ccc([N+](=O)[O-])cc2)sc2c1c(=O)n(-c1ccccc1)c(=O)n2Cc1c(F)cccc1F. The summed E-state index contributed by atoms with van der Waals surface area (Å²) in [5.41, 5.74) is 0.828. The molecule has 12 heteroatoms. The highest BCUT2D eigenvalue weighted by Crippen LogP contribution is 2.39. The number of nitro groups is 1. The first-order chi connectivity index (χ1) is 25.8. The number of hydrogen-bond acceptors (Lipinski definition) is 7. The summed E-state index contributed by atoms with van der Waals surface area (Å²) in [6.07, 6.45) is 0. The van der Waals surface area contributed by atoms with Crippen LogP contribution in [0.25, 0.3) is 26.3 Å². The second kappa shape index (κ2) is 17.7. The van der Waals surface area contributed by atoms with E-state index in [9.17, 15) is 28.5 Å². The van der Waals surface area contributed by atoms with Crippen molar-refractivity contribution in [2.45, 2.75) is 66.3 Å². The van der Waals surface area contributed by atoms with Gasteiger partial charge < -0.3 is 0 Å². The Morgan fingerprint density at radius 2 is 1.35 bits per heavy atom. The highest BCUT2D eigenvalue weighted by atomic mass is 32.1. The Morgan fingerprint density at radius 3 is 1.87 bits per heavy atom. The van der Waals surface area contributed by atoms with E-state index in [0.717, 1.165) is 40.1 Å². The third-order valence-electron chi connectivity index (χ3n) is 9.22. The van der Waals surface area contributed by atoms with Gasteiger partial charge in [-0.1, -0.05) is 61.5 Å². The molecule has 0 saturated carbocycles. The Hall–Kier alpha value is -5.30. The molecular formula is C42H45F2N5O4S. The Morgan fingerprint density at radius 1 is 0.778 bits per heavy atom.